The van der Waals surface area contributed by atoms with E-state index in [1.54, 1.807) is 0 Å². The summed E-state index contributed by atoms with van der Waals surface area (Å²) in [4.78, 5) is 16.9. The minimum Gasteiger partial charge on any atom is -0.496 e. The van der Waals surface area contributed by atoms with Crippen LogP contribution < -0.4 is 4.74 Å². The molecule has 1 atom stereocenters. The van der Waals surface area contributed by atoms with Crippen LogP contribution in [0, 0.1) is 5.82 Å². The van der Waals surface area contributed by atoms with Gasteiger partial charge in [0.15, 0.2) is 0 Å². The monoisotopic (exact) mass is 358 g/mol. The SMILES string of the molecule is COc1ccc(F)cc1C(C)(C)CC(O)C(F)(F)OP(=O)(O)O. The standard InChI is InChI=1S/C13H18F3O6P/c1-12(2,9-6-8(14)4-5-10(9)21-3)7-11(17)13(15,16)22-23(18,19)20/h4-6,11,17H,7H2,1-3H3,(H2,18,19,20). The lowest BCUT2D eigenvalue weighted by atomic mass is 9.79. The summed E-state index contributed by atoms with van der Waals surface area (Å²) >= 11 is 0. The van der Waals surface area contributed by atoms with Crippen molar-refractivity contribution in [3.05, 3.63) is 29.6 Å². The van der Waals surface area contributed by atoms with Crippen LogP contribution in [0.3, 0.4) is 0 Å². The second kappa shape index (κ2) is 6.78. The molecule has 0 radical (unpaired) electrons. The lowest BCUT2D eigenvalue weighted by Gasteiger charge is -2.32. The van der Waals surface area contributed by atoms with Gasteiger partial charge in [-0.2, -0.15) is 8.78 Å². The van der Waals surface area contributed by atoms with Crippen molar-refractivity contribution < 1.29 is 41.9 Å². The second-order valence-electron chi connectivity index (χ2n) is 5.59. The molecule has 6 nitrogen and oxygen atoms in total. The van der Waals surface area contributed by atoms with Crippen molar-refractivity contribution in [3.63, 3.8) is 0 Å². The van der Waals surface area contributed by atoms with Crippen LogP contribution in [0.4, 0.5) is 13.2 Å². The van der Waals surface area contributed by atoms with Crippen LogP contribution in [-0.4, -0.2) is 34.2 Å². The number of hydrogen-bond donors (Lipinski definition) is 3. The van der Waals surface area contributed by atoms with Gasteiger partial charge in [0.05, 0.1) is 7.11 Å². The zero-order chi connectivity index (χ0) is 18.1. The van der Waals surface area contributed by atoms with Crippen LogP contribution in [0.2, 0.25) is 0 Å². The molecule has 0 saturated carbocycles. The first-order chi connectivity index (χ1) is 10.3. The molecular weight excluding hydrogens is 340 g/mol. The summed E-state index contributed by atoms with van der Waals surface area (Å²) in [6.07, 6.45) is -7.67. The van der Waals surface area contributed by atoms with E-state index in [0.717, 1.165) is 12.1 Å². The molecule has 1 unspecified atom stereocenters. The minimum atomic E-state index is -5.50. The van der Waals surface area contributed by atoms with Gasteiger partial charge in [0.25, 0.3) is 0 Å². The van der Waals surface area contributed by atoms with Crippen LogP contribution >= 0.6 is 7.82 Å². The number of hydrogen-bond acceptors (Lipinski definition) is 4. The Kier molecular flexibility index (Phi) is 5.88. The largest absolute Gasteiger partial charge is 0.496 e. The molecule has 1 aromatic carbocycles. The third kappa shape index (κ3) is 5.47. The summed E-state index contributed by atoms with van der Waals surface area (Å²) in [7, 11) is -4.18. The van der Waals surface area contributed by atoms with E-state index in [4.69, 9.17) is 14.5 Å². The lowest BCUT2D eigenvalue weighted by Crippen LogP contribution is -2.40. The van der Waals surface area contributed by atoms with Crippen LogP contribution in [0.15, 0.2) is 18.2 Å². The van der Waals surface area contributed by atoms with Crippen LogP contribution in [-0.2, 0) is 14.5 Å². The molecule has 132 valence electrons. The highest BCUT2D eigenvalue weighted by Gasteiger charge is 2.48. The molecule has 0 heterocycles. The van der Waals surface area contributed by atoms with E-state index in [1.807, 2.05) is 0 Å². The molecule has 0 spiro atoms. The number of benzene rings is 1. The van der Waals surface area contributed by atoms with E-state index in [-0.39, 0.29) is 11.3 Å². The van der Waals surface area contributed by atoms with E-state index in [2.05, 4.69) is 4.52 Å². The molecule has 0 aliphatic rings. The number of phosphoric ester groups is 1. The molecule has 10 heteroatoms. The van der Waals surface area contributed by atoms with Gasteiger partial charge < -0.3 is 19.6 Å². The molecule has 0 aromatic heterocycles. The first kappa shape index (κ1) is 19.9. The van der Waals surface area contributed by atoms with E-state index in [9.17, 15) is 22.8 Å². The molecule has 0 amide bonds. The fourth-order valence-electron chi connectivity index (χ4n) is 2.14. The quantitative estimate of drug-likeness (QED) is 0.649. The number of halogens is 3. The van der Waals surface area contributed by atoms with Gasteiger partial charge in [0.2, 0.25) is 0 Å². The summed E-state index contributed by atoms with van der Waals surface area (Å²) in [5.74, 6) is -0.399. The maximum atomic E-state index is 13.6. The molecule has 0 saturated heterocycles. The van der Waals surface area contributed by atoms with Crippen LogP contribution in [0.1, 0.15) is 25.8 Å². The van der Waals surface area contributed by atoms with Gasteiger partial charge in [-0.1, -0.05) is 13.8 Å². The highest BCUT2D eigenvalue weighted by atomic mass is 31.2. The topological polar surface area (TPSA) is 96.2 Å². The van der Waals surface area contributed by atoms with Crippen molar-refractivity contribution in [3.8, 4) is 5.75 Å². The molecule has 0 bridgehead atoms. The molecular formula is C13H18F3O6P. The van der Waals surface area contributed by atoms with Gasteiger partial charge in [-0.15, -0.1) is 0 Å². The van der Waals surface area contributed by atoms with E-state index < -0.39 is 37.7 Å². The Morgan fingerprint density at radius 2 is 1.87 bits per heavy atom. The average Bonchev–Trinajstić information content (AvgIpc) is 2.35. The normalized spacial score (nSPS) is 14.7. The Bertz CT molecular complexity index is 601. The molecule has 0 aliphatic carbocycles. The second-order valence-corrected chi connectivity index (χ2v) is 6.76. The number of ether oxygens (including phenoxy) is 1. The Balaban J connectivity index is 3.06. The summed E-state index contributed by atoms with van der Waals surface area (Å²) < 4.78 is 59.4. The zero-order valence-electron chi connectivity index (χ0n) is 12.7. The first-order valence-electron chi connectivity index (χ1n) is 6.45. The highest BCUT2D eigenvalue weighted by Crippen LogP contribution is 2.46. The maximum Gasteiger partial charge on any atom is 0.474 e. The summed E-state index contributed by atoms with van der Waals surface area (Å²) in [5.41, 5.74) is -0.986. The first-order valence-corrected chi connectivity index (χ1v) is 7.98. The fraction of sp³-hybridized carbons (Fsp3) is 0.538. The van der Waals surface area contributed by atoms with E-state index in [1.165, 1.54) is 27.0 Å². The summed E-state index contributed by atoms with van der Waals surface area (Å²) in [5, 5.41) is 9.62. The van der Waals surface area contributed by atoms with Crippen molar-refractivity contribution in [2.75, 3.05) is 7.11 Å². The number of phosphoric acid groups is 1. The fourth-order valence-corrected chi connectivity index (χ4v) is 2.58. The van der Waals surface area contributed by atoms with Gasteiger partial charge in [0.1, 0.15) is 17.7 Å². The van der Waals surface area contributed by atoms with Gasteiger partial charge in [-0.05, 0) is 30.0 Å². The van der Waals surface area contributed by atoms with Gasteiger partial charge in [-0.25, -0.2) is 13.5 Å². The zero-order valence-corrected chi connectivity index (χ0v) is 13.6. The number of aliphatic hydroxyl groups is 1. The Hall–Kier alpha value is -1.12. The maximum absolute atomic E-state index is 13.6. The van der Waals surface area contributed by atoms with Gasteiger partial charge in [0, 0.05) is 5.56 Å². The van der Waals surface area contributed by atoms with Crippen molar-refractivity contribution in [1.29, 1.82) is 0 Å². The molecule has 23 heavy (non-hydrogen) atoms. The third-order valence-electron chi connectivity index (χ3n) is 3.22. The Labute approximate surface area is 131 Å². The van der Waals surface area contributed by atoms with E-state index in [0.29, 0.717) is 0 Å². The van der Waals surface area contributed by atoms with Gasteiger partial charge >= 0.3 is 13.9 Å². The third-order valence-corrected chi connectivity index (χ3v) is 3.70. The summed E-state index contributed by atoms with van der Waals surface area (Å²) in [6, 6.07) is 3.51. The predicted octanol–water partition coefficient (Wildman–Crippen LogP) is 2.57. The van der Waals surface area contributed by atoms with Crippen LogP contribution in [0.5, 0.6) is 5.75 Å². The van der Waals surface area contributed by atoms with Crippen molar-refractivity contribution >= 4 is 7.82 Å². The molecule has 0 fully saturated rings. The average molecular weight is 358 g/mol. The Morgan fingerprint density at radius 3 is 2.35 bits per heavy atom. The molecule has 0 aliphatic heterocycles. The van der Waals surface area contributed by atoms with Crippen molar-refractivity contribution in [1.82, 2.24) is 0 Å². The number of methoxy groups -OCH3 is 1. The highest BCUT2D eigenvalue weighted by molar-refractivity contribution is 7.46. The number of alkyl halides is 2. The van der Waals surface area contributed by atoms with Crippen molar-refractivity contribution in [2.45, 2.75) is 37.9 Å². The van der Waals surface area contributed by atoms with Crippen LogP contribution in [0.25, 0.3) is 0 Å². The van der Waals surface area contributed by atoms with Crippen molar-refractivity contribution in [2.24, 2.45) is 0 Å². The smallest absolute Gasteiger partial charge is 0.474 e. The molecule has 1 aromatic rings. The lowest BCUT2D eigenvalue weighted by molar-refractivity contribution is -0.250. The minimum absolute atomic E-state index is 0.214. The molecule has 3 N–H and O–H groups in total. The Morgan fingerprint density at radius 1 is 1.30 bits per heavy atom. The molecule has 1 rings (SSSR count). The number of rotatable bonds is 7. The van der Waals surface area contributed by atoms with Gasteiger partial charge in [-0.3, -0.25) is 0 Å². The van der Waals surface area contributed by atoms with E-state index >= 15 is 0 Å². The predicted molar refractivity (Wildman–Crippen MR) is 74.7 cm³/mol. The summed E-state index contributed by atoms with van der Waals surface area (Å²) in [6.45, 7) is 2.89. The number of aliphatic hydroxyl groups excluding tert-OH is 1.